The molecule has 2 unspecified atom stereocenters. The van der Waals surface area contributed by atoms with Gasteiger partial charge in [0.05, 0.1) is 13.2 Å². The number of hydrogen-bond acceptors (Lipinski definition) is 5. The fourth-order valence-electron chi connectivity index (χ4n) is 1.99. The number of rotatable bonds is 4. The lowest BCUT2D eigenvalue weighted by Crippen LogP contribution is -2.45. The first-order valence-electron chi connectivity index (χ1n) is 6.61. The Morgan fingerprint density at radius 3 is 3.10 bits per heavy atom. The highest BCUT2D eigenvalue weighted by atomic mass is 16.6. The normalized spacial score (nSPS) is 22.1. The minimum absolute atomic E-state index is 0.102. The molecule has 0 aromatic heterocycles. The first-order chi connectivity index (χ1) is 9.67. The van der Waals surface area contributed by atoms with Crippen LogP contribution in [0.4, 0.5) is 10.5 Å². The zero-order valence-electron chi connectivity index (χ0n) is 11.7. The molecule has 0 aliphatic carbocycles. The van der Waals surface area contributed by atoms with Gasteiger partial charge < -0.3 is 19.5 Å². The van der Waals surface area contributed by atoms with Crippen LogP contribution in [0.5, 0.6) is 5.75 Å². The van der Waals surface area contributed by atoms with Gasteiger partial charge in [0.2, 0.25) is 0 Å². The van der Waals surface area contributed by atoms with Gasteiger partial charge in [0.15, 0.2) is 0 Å². The van der Waals surface area contributed by atoms with E-state index in [1.54, 1.807) is 31.4 Å². The van der Waals surface area contributed by atoms with E-state index in [9.17, 15) is 4.79 Å². The summed E-state index contributed by atoms with van der Waals surface area (Å²) in [6, 6.07) is 7.09. The topological polar surface area (TPSA) is 68.8 Å². The number of carbonyl (C=O) groups is 1. The molecule has 1 aliphatic heterocycles. The smallest absolute Gasteiger partial charge is 0.411 e. The fourth-order valence-corrected chi connectivity index (χ4v) is 1.99. The van der Waals surface area contributed by atoms with Crippen molar-refractivity contribution in [2.75, 3.05) is 32.1 Å². The standard InChI is InChI=1S/C14H20N2O4/c1-10-7-15-8-13(20-10)9-19-14(17)16-11-4-3-5-12(6-11)18-2/h3-6,10,13,15H,7-9H2,1-2H3,(H,16,17). The number of nitrogens with one attached hydrogen (secondary N) is 2. The van der Waals surface area contributed by atoms with Gasteiger partial charge in [0.1, 0.15) is 18.5 Å². The molecule has 6 heteroatoms. The van der Waals surface area contributed by atoms with Gasteiger partial charge >= 0.3 is 6.09 Å². The molecule has 0 radical (unpaired) electrons. The second-order valence-corrected chi connectivity index (χ2v) is 4.68. The minimum Gasteiger partial charge on any atom is -0.497 e. The number of anilines is 1. The van der Waals surface area contributed by atoms with Crippen LogP contribution in [0.2, 0.25) is 0 Å². The molecule has 1 fully saturated rings. The van der Waals surface area contributed by atoms with Crippen molar-refractivity contribution in [3.8, 4) is 5.75 Å². The second kappa shape index (κ2) is 7.12. The Kier molecular flexibility index (Phi) is 5.20. The largest absolute Gasteiger partial charge is 0.497 e. The van der Waals surface area contributed by atoms with E-state index in [0.717, 1.165) is 6.54 Å². The molecule has 0 bridgehead atoms. The van der Waals surface area contributed by atoms with Gasteiger partial charge in [-0.25, -0.2) is 4.79 Å². The van der Waals surface area contributed by atoms with Crippen LogP contribution in [-0.2, 0) is 9.47 Å². The van der Waals surface area contributed by atoms with Crippen molar-refractivity contribution in [3.63, 3.8) is 0 Å². The molecule has 1 aromatic rings. The highest BCUT2D eigenvalue weighted by Gasteiger charge is 2.20. The highest BCUT2D eigenvalue weighted by molar-refractivity contribution is 5.84. The molecule has 2 atom stereocenters. The number of hydrogen-bond donors (Lipinski definition) is 2. The summed E-state index contributed by atoms with van der Waals surface area (Å²) < 4.78 is 15.9. The van der Waals surface area contributed by atoms with Crippen molar-refractivity contribution >= 4 is 11.8 Å². The molecule has 2 N–H and O–H groups in total. The van der Waals surface area contributed by atoms with E-state index in [1.807, 2.05) is 6.92 Å². The summed E-state index contributed by atoms with van der Waals surface area (Å²) in [6.07, 6.45) is -0.464. The van der Waals surface area contributed by atoms with Gasteiger partial charge in [-0.3, -0.25) is 5.32 Å². The Hall–Kier alpha value is -1.79. The third kappa shape index (κ3) is 4.40. The summed E-state index contributed by atoms with van der Waals surface area (Å²) in [5, 5.41) is 5.87. The van der Waals surface area contributed by atoms with E-state index in [1.165, 1.54) is 0 Å². The lowest BCUT2D eigenvalue weighted by molar-refractivity contribution is -0.0533. The van der Waals surface area contributed by atoms with Gasteiger partial charge in [-0.1, -0.05) is 6.07 Å². The van der Waals surface area contributed by atoms with Crippen LogP contribution >= 0.6 is 0 Å². The Morgan fingerprint density at radius 1 is 1.50 bits per heavy atom. The molecule has 20 heavy (non-hydrogen) atoms. The van der Waals surface area contributed by atoms with E-state index < -0.39 is 6.09 Å². The molecule has 1 saturated heterocycles. The first kappa shape index (κ1) is 14.6. The van der Waals surface area contributed by atoms with Gasteiger partial charge in [-0.05, 0) is 19.1 Å². The molecule has 0 spiro atoms. The molecule has 6 nitrogen and oxygen atoms in total. The van der Waals surface area contributed by atoms with Crippen molar-refractivity contribution in [1.82, 2.24) is 5.32 Å². The van der Waals surface area contributed by atoms with E-state index >= 15 is 0 Å². The summed E-state index contributed by atoms with van der Waals surface area (Å²) >= 11 is 0. The van der Waals surface area contributed by atoms with E-state index in [4.69, 9.17) is 14.2 Å². The maximum Gasteiger partial charge on any atom is 0.411 e. The van der Waals surface area contributed by atoms with E-state index in [-0.39, 0.29) is 18.8 Å². The minimum atomic E-state index is -0.500. The van der Waals surface area contributed by atoms with Crippen molar-refractivity contribution in [3.05, 3.63) is 24.3 Å². The van der Waals surface area contributed by atoms with Crippen molar-refractivity contribution < 1.29 is 19.0 Å². The maximum atomic E-state index is 11.7. The third-order valence-corrected chi connectivity index (χ3v) is 2.95. The Morgan fingerprint density at radius 2 is 2.35 bits per heavy atom. The molecular formula is C14H20N2O4. The average Bonchev–Trinajstić information content (AvgIpc) is 2.45. The predicted octanol–water partition coefficient (Wildman–Crippen LogP) is 1.62. The summed E-state index contributed by atoms with van der Waals surface area (Å²) in [7, 11) is 1.58. The number of carbonyl (C=O) groups excluding carboxylic acids is 1. The van der Waals surface area contributed by atoms with E-state index in [2.05, 4.69) is 10.6 Å². The number of ether oxygens (including phenoxy) is 3. The molecule has 2 rings (SSSR count). The van der Waals surface area contributed by atoms with Gasteiger partial charge in [-0.2, -0.15) is 0 Å². The quantitative estimate of drug-likeness (QED) is 0.877. The van der Waals surface area contributed by atoms with Crippen molar-refractivity contribution in [2.24, 2.45) is 0 Å². The molecule has 1 heterocycles. The molecule has 1 aliphatic rings. The number of benzene rings is 1. The maximum absolute atomic E-state index is 11.7. The summed E-state index contributed by atoms with van der Waals surface area (Å²) in [5.41, 5.74) is 0.630. The SMILES string of the molecule is COc1cccc(NC(=O)OCC2CNCC(C)O2)c1. The number of amides is 1. The van der Waals surface area contributed by atoms with Crippen LogP contribution in [0.3, 0.4) is 0 Å². The monoisotopic (exact) mass is 280 g/mol. The zero-order chi connectivity index (χ0) is 14.4. The Balaban J connectivity index is 1.77. The molecule has 1 aromatic carbocycles. The van der Waals surface area contributed by atoms with Crippen LogP contribution in [-0.4, -0.2) is 45.1 Å². The van der Waals surface area contributed by atoms with Gasteiger partial charge in [0.25, 0.3) is 0 Å². The molecule has 1 amide bonds. The number of morpholine rings is 1. The van der Waals surface area contributed by atoms with Crippen LogP contribution in [0, 0.1) is 0 Å². The number of methoxy groups -OCH3 is 1. The average molecular weight is 280 g/mol. The van der Waals surface area contributed by atoms with Gasteiger partial charge in [0, 0.05) is 24.8 Å². The highest BCUT2D eigenvalue weighted by Crippen LogP contribution is 2.16. The van der Waals surface area contributed by atoms with Crippen LogP contribution in [0.1, 0.15) is 6.92 Å². The van der Waals surface area contributed by atoms with Crippen LogP contribution in [0.15, 0.2) is 24.3 Å². The Bertz CT molecular complexity index is 453. The van der Waals surface area contributed by atoms with Crippen LogP contribution in [0.25, 0.3) is 0 Å². The lowest BCUT2D eigenvalue weighted by Gasteiger charge is -2.28. The van der Waals surface area contributed by atoms with Gasteiger partial charge in [-0.15, -0.1) is 0 Å². The molecule has 110 valence electrons. The zero-order valence-corrected chi connectivity index (χ0v) is 11.7. The van der Waals surface area contributed by atoms with E-state index in [0.29, 0.717) is 18.0 Å². The first-order valence-corrected chi connectivity index (χ1v) is 6.61. The van der Waals surface area contributed by atoms with Crippen molar-refractivity contribution in [1.29, 1.82) is 0 Å². The molecule has 0 saturated carbocycles. The van der Waals surface area contributed by atoms with Crippen molar-refractivity contribution in [2.45, 2.75) is 19.1 Å². The fraction of sp³-hybridized carbons (Fsp3) is 0.500. The van der Waals surface area contributed by atoms with Crippen LogP contribution < -0.4 is 15.4 Å². The second-order valence-electron chi connectivity index (χ2n) is 4.68. The summed E-state index contributed by atoms with van der Waals surface area (Å²) in [5.74, 6) is 0.677. The lowest BCUT2D eigenvalue weighted by atomic mass is 10.2. The summed E-state index contributed by atoms with van der Waals surface area (Å²) in [4.78, 5) is 11.7. The predicted molar refractivity (Wildman–Crippen MR) is 75.2 cm³/mol. The third-order valence-electron chi connectivity index (χ3n) is 2.95. The molecular weight excluding hydrogens is 260 g/mol. The summed E-state index contributed by atoms with van der Waals surface area (Å²) in [6.45, 7) is 3.73. The Labute approximate surface area is 118 Å².